The zero-order valence-corrected chi connectivity index (χ0v) is 21.0. The average molecular weight is 517 g/mol. The smallest absolute Gasteiger partial charge is 0.260 e. The molecule has 3 aliphatic heterocycles. The molecule has 0 saturated carbocycles. The van der Waals surface area contributed by atoms with Gasteiger partial charge in [0.1, 0.15) is 24.3 Å². The van der Waals surface area contributed by atoms with E-state index in [0.717, 1.165) is 0 Å². The van der Waals surface area contributed by atoms with Crippen molar-refractivity contribution >= 4 is 17.4 Å². The Kier molecular flexibility index (Phi) is 6.69. The van der Waals surface area contributed by atoms with E-state index in [2.05, 4.69) is 15.4 Å². The van der Waals surface area contributed by atoms with Crippen LogP contribution in [-0.2, 0) is 23.2 Å². The van der Waals surface area contributed by atoms with Gasteiger partial charge in [-0.2, -0.15) is 5.10 Å². The van der Waals surface area contributed by atoms with Crippen LogP contribution in [0.2, 0.25) is 0 Å². The maximum absolute atomic E-state index is 15.8. The second-order valence-electron chi connectivity index (χ2n) is 10.1. The molecule has 5 rings (SSSR count). The van der Waals surface area contributed by atoms with Crippen LogP contribution in [-0.4, -0.2) is 75.8 Å². The minimum atomic E-state index is -1.92. The third-order valence-corrected chi connectivity index (χ3v) is 7.65. The van der Waals surface area contributed by atoms with E-state index in [0.29, 0.717) is 74.7 Å². The molecule has 4 heterocycles. The van der Waals surface area contributed by atoms with Crippen LogP contribution >= 0.6 is 0 Å². The van der Waals surface area contributed by atoms with E-state index in [9.17, 15) is 14.1 Å². The Hall–Kier alpha value is -3.41. The highest BCUT2D eigenvalue weighted by molar-refractivity contribution is 6.04. The van der Waals surface area contributed by atoms with Crippen molar-refractivity contribution < 1.29 is 23.1 Å². The molecule has 2 saturated heterocycles. The summed E-state index contributed by atoms with van der Waals surface area (Å²) in [4.78, 5) is 32.7. The van der Waals surface area contributed by atoms with Gasteiger partial charge in [0.25, 0.3) is 5.91 Å². The molecule has 1 amide bonds. The number of aromatic nitrogens is 2. The minimum Gasteiger partial charge on any atom is -0.486 e. The van der Waals surface area contributed by atoms with E-state index in [-0.39, 0.29) is 24.5 Å². The summed E-state index contributed by atoms with van der Waals surface area (Å²) in [5, 5.41) is 11.3. The molecule has 0 radical (unpaired) electrons. The number of benzene rings is 1. The number of hydrogen-bond donors (Lipinski definition) is 0. The van der Waals surface area contributed by atoms with Crippen LogP contribution in [0.1, 0.15) is 43.4 Å². The first-order valence-electron chi connectivity index (χ1n) is 12.4. The van der Waals surface area contributed by atoms with E-state index in [1.807, 2.05) is 4.90 Å². The number of piperidine rings is 2. The lowest BCUT2D eigenvalue weighted by Crippen LogP contribution is -2.57. The summed E-state index contributed by atoms with van der Waals surface area (Å²) in [6, 6.07) is 5.92. The van der Waals surface area contributed by atoms with Crippen molar-refractivity contribution in [3.63, 3.8) is 0 Å². The second kappa shape index (κ2) is 9.81. The van der Waals surface area contributed by atoms with E-state index >= 15 is 4.39 Å². The fourth-order valence-corrected chi connectivity index (χ4v) is 5.54. The number of oxime groups is 1. The van der Waals surface area contributed by atoms with Crippen LogP contribution in [0.4, 0.5) is 14.6 Å². The number of aryl methyl sites for hydroxylation is 1. The lowest BCUT2D eigenvalue weighted by Gasteiger charge is -2.46. The molecule has 198 valence electrons. The molecular weight excluding hydrogens is 486 g/mol. The van der Waals surface area contributed by atoms with Crippen molar-refractivity contribution in [2.45, 2.75) is 49.9 Å². The van der Waals surface area contributed by atoms with Crippen LogP contribution in [0.3, 0.4) is 0 Å². The van der Waals surface area contributed by atoms with Crippen LogP contribution in [0.25, 0.3) is 0 Å². The van der Waals surface area contributed by atoms with E-state index in [1.165, 1.54) is 23.9 Å². The second-order valence-corrected chi connectivity index (χ2v) is 10.1. The van der Waals surface area contributed by atoms with Gasteiger partial charge >= 0.3 is 0 Å². The SMILES string of the molecule is CO/N=C1\CC2(CCN(C(=O)C3(F)CCN(Cc4cc(N=O)n(C)n4)CC3)CC2)Oc2ccc(F)cc21. The first kappa shape index (κ1) is 25.2. The summed E-state index contributed by atoms with van der Waals surface area (Å²) >= 11 is 0. The van der Waals surface area contributed by atoms with Crippen molar-refractivity contribution in [2.24, 2.45) is 17.4 Å². The highest BCUT2D eigenvalue weighted by Gasteiger charge is 2.48. The topological polar surface area (TPSA) is 102 Å². The van der Waals surface area contributed by atoms with Gasteiger partial charge < -0.3 is 14.5 Å². The van der Waals surface area contributed by atoms with Crippen molar-refractivity contribution in [1.29, 1.82) is 0 Å². The number of carbonyl (C=O) groups excluding carboxylic acids is 1. The summed E-state index contributed by atoms with van der Waals surface area (Å²) in [6.45, 7) is 2.01. The van der Waals surface area contributed by atoms with Gasteiger partial charge in [-0.1, -0.05) is 5.16 Å². The molecule has 0 N–H and O–H groups in total. The molecule has 3 aliphatic rings. The average Bonchev–Trinajstić information content (AvgIpc) is 3.25. The molecule has 0 atom stereocenters. The van der Waals surface area contributed by atoms with Crippen LogP contribution < -0.4 is 4.74 Å². The fraction of sp³-hybridized carbons (Fsp3) is 0.560. The van der Waals surface area contributed by atoms with Gasteiger partial charge in [0.2, 0.25) is 0 Å². The largest absolute Gasteiger partial charge is 0.486 e. The number of fused-ring (bicyclic) bond motifs is 1. The van der Waals surface area contributed by atoms with Gasteiger partial charge in [-0.25, -0.2) is 13.5 Å². The number of amides is 1. The lowest BCUT2D eigenvalue weighted by molar-refractivity contribution is -0.151. The first-order valence-corrected chi connectivity index (χ1v) is 12.4. The number of carbonyl (C=O) groups is 1. The number of likely N-dealkylation sites (tertiary alicyclic amines) is 2. The standard InChI is InChI=1S/C25H30F2N6O4/c1-31-22(29-35)14-18(28-31)16-32-9-7-25(27,8-10-32)23(34)33-11-5-24(6-12-33)15-20(30-36-2)19-13-17(26)3-4-21(19)37-24/h3-4,13-14H,5-12,15-16H2,1-2H3/b30-20+. The fourth-order valence-electron chi connectivity index (χ4n) is 5.54. The maximum atomic E-state index is 15.8. The highest BCUT2D eigenvalue weighted by Crippen LogP contribution is 2.41. The minimum absolute atomic E-state index is 0.0964. The monoisotopic (exact) mass is 516 g/mol. The number of rotatable bonds is 5. The molecule has 1 spiro atoms. The van der Waals surface area contributed by atoms with E-state index in [1.54, 1.807) is 24.1 Å². The summed E-state index contributed by atoms with van der Waals surface area (Å²) < 4.78 is 37.3. The number of nitrogens with zero attached hydrogens (tertiary/aromatic N) is 6. The molecule has 0 bridgehead atoms. The molecule has 2 aromatic rings. The Morgan fingerprint density at radius 1 is 1.16 bits per heavy atom. The quantitative estimate of drug-likeness (QED) is 0.446. The molecule has 1 aromatic carbocycles. The molecule has 2 fully saturated rings. The maximum Gasteiger partial charge on any atom is 0.260 e. The summed E-state index contributed by atoms with van der Waals surface area (Å²) in [5.41, 5.74) is -0.680. The molecule has 0 aliphatic carbocycles. The third kappa shape index (κ3) is 4.94. The Morgan fingerprint density at radius 3 is 2.54 bits per heavy atom. The molecule has 0 unspecified atom stereocenters. The van der Waals surface area contributed by atoms with Crippen LogP contribution in [0.5, 0.6) is 5.75 Å². The number of hydrogen-bond acceptors (Lipinski definition) is 8. The third-order valence-electron chi connectivity index (χ3n) is 7.65. The first-order chi connectivity index (χ1) is 17.7. The van der Waals surface area contributed by atoms with Gasteiger partial charge in [0.15, 0.2) is 11.5 Å². The zero-order chi connectivity index (χ0) is 26.2. The molecule has 37 heavy (non-hydrogen) atoms. The van der Waals surface area contributed by atoms with Crippen LogP contribution in [0.15, 0.2) is 34.6 Å². The summed E-state index contributed by atoms with van der Waals surface area (Å²) in [5.74, 6) is -0.0921. The van der Waals surface area contributed by atoms with Crippen molar-refractivity contribution in [3.8, 4) is 5.75 Å². The number of ether oxygens (including phenoxy) is 1. The normalized spacial score (nSPS) is 21.9. The predicted molar refractivity (Wildman–Crippen MR) is 131 cm³/mol. The number of alkyl halides is 1. The molecule has 1 aromatic heterocycles. The Balaban J connectivity index is 1.19. The molecule has 10 nitrogen and oxygen atoms in total. The van der Waals surface area contributed by atoms with Gasteiger partial charge in [-0.15, -0.1) is 4.91 Å². The Labute approximate surface area is 213 Å². The number of nitroso groups, excluding NO2 is 1. The Morgan fingerprint density at radius 2 is 1.89 bits per heavy atom. The van der Waals surface area contributed by atoms with Crippen molar-refractivity contribution in [3.05, 3.63) is 46.2 Å². The van der Waals surface area contributed by atoms with E-state index in [4.69, 9.17) is 9.57 Å². The summed E-state index contributed by atoms with van der Waals surface area (Å²) in [6.07, 6.45) is 1.63. The van der Waals surface area contributed by atoms with Crippen molar-refractivity contribution in [1.82, 2.24) is 19.6 Å². The number of halogens is 2. The van der Waals surface area contributed by atoms with Gasteiger partial charge in [-0.05, 0) is 23.4 Å². The summed E-state index contributed by atoms with van der Waals surface area (Å²) in [7, 11) is 3.09. The molecular formula is C25H30F2N6O4. The van der Waals surface area contributed by atoms with Crippen LogP contribution in [0, 0.1) is 10.7 Å². The lowest BCUT2D eigenvalue weighted by atomic mass is 9.81. The van der Waals surface area contributed by atoms with E-state index < -0.39 is 17.2 Å². The van der Waals surface area contributed by atoms with Crippen molar-refractivity contribution in [2.75, 3.05) is 33.3 Å². The highest BCUT2D eigenvalue weighted by atomic mass is 19.1. The predicted octanol–water partition coefficient (Wildman–Crippen LogP) is 3.46. The Bertz CT molecular complexity index is 1220. The zero-order valence-electron chi connectivity index (χ0n) is 21.0. The van der Waals surface area contributed by atoms with Gasteiger partial charge in [-0.3, -0.25) is 9.69 Å². The van der Waals surface area contributed by atoms with Gasteiger partial charge in [0.05, 0.1) is 11.4 Å². The molecule has 12 heteroatoms. The van der Waals surface area contributed by atoms with Gasteiger partial charge in [0, 0.05) is 83.5 Å².